The summed E-state index contributed by atoms with van der Waals surface area (Å²) in [6.45, 7) is 12.2. The summed E-state index contributed by atoms with van der Waals surface area (Å²) in [6.07, 6.45) is 2.25. The van der Waals surface area contributed by atoms with Gasteiger partial charge in [-0.25, -0.2) is 4.99 Å². The van der Waals surface area contributed by atoms with Gasteiger partial charge in [0.2, 0.25) is 0 Å². The zero-order chi connectivity index (χ0) is 20.2. The molecule has 28 heavy (non-hydrogen) atoms. The summed E-state index contributed by atoms with van der Waals surface area (Å²) in [5.74, 6) is 0.860. The van der Waals surface area contributed by atoms with Gasteiger partial charge in [-0.15, -0.1) is 0 Å². The van der Waals surface area contributed by atoms with Crippen molar-refractivity contribution in [3.63, 3.8) is 0 Å². The largest absolute Gasteiger partial charge is 0.379 e. The quantitative estimate of drug-likeness (QED) is 0.346. The van der Waals surface area contributed by atoms with Gasteiger partial charge in [0, 0.05) is 38.9 Å². The average molecular weight is 391 g/mol. The van der Waals surface area contributed by atoms with Crippen LogP contribution in [0.2, 0.25) is 0 Å². The molecule has 1 aromatic carbocycles. The van der Waals surface area contributed by atoms with Crippen molar-refractivity contribution in [2.45, 2.75) is 58.8 Å². The van der Waals surface area contributed by atoms with Gasteiger partial charge in [-0.05, 0) is 51.8 Å². The van der Waals surface area contributed by atoms with Gasteiger partial charge in [0.15, 0.2) is 5.96 Å². The van der Waals surface area contributed by atoms with Crippen LogP contribution in [0.25, 0.3) is 0 Å². The molecule has 0 spiro atoms. The molecule has 1 saturated heterocycles. The summed E-state index contributed by atoms with van der Waals surface area (Å²) in [7, 11) is 2.16. The van der Waals surface area contributed by atoms with Gasteiger partial charge >= 0.3 is 0 Å². The second-order valence-electron chi connectivity index (χ2n) is 7.61. The van der Waals surface area contributed by atoms with E-state index >= 15 is 0 Å². The van der Waals surface area contributed by atoms with Gasteiger partial charge in [-0.1, -0.05) is 24.3 Å². The van der Waals surface area contributed by atoms with Crippen LogP contribution >= 0.6 is 0 Å². The molecule has 1 aromatic rings. The summed E-state index contributed by atoms with van der Waals surface area (Å²) < 4.78 is 11.1. The van der Waals surface area contributed by atoms with Crippen molar-refractivity contribution in [3.05, 3.63) is 35.4 Å². The topological polar surface area (TPSA) is 58.1 Å². The van der Waals surface area contributed by atoms with Crippen LogP contribution in [-0.4, -0.2) is 63.0 Å². The maximum Gasteiger partial charge on any atom is 0.191 e. The molecule has 158 valence electrons. The van der Waals surface area contributed by atoms with Crippen molar-refractivity contribution >= 4 is 5.96 Å². The highest BCUT2D eigenvalue weighted by Gasteiger charge is 2.15. The molecular formula is C22H38N4O2. The van der Waals surface area contributed by atoms with Gasteiger partial charge in [0.1, 0.15) is 0 Å². The van der Waals surface area contributed by atoms with Crippen molar-refractivity contribution in [1.29, 1.82) is 0 Å². The van der Waals surface area contributed by atoms with Crippen molar-refractivity contribution in [2.24, 2.45) is 4.99 Å². The molecule has 2 N–H and O–H groups in total. The Hall–Kier alpha value is -1.63. The van der Waals surface area contributed by atoms with Crippen LogP contribution in [0.5, 0.6) is 0 Å². The molecule has 0 amide bonds. The number of hydrogen-bond acceptors (Lipinski definition) is 4. The smallest absolute Gasteiger partial charge is 0.191 e. The first-order valence-electron chi connectivity index (χ1n) is 10.6. The maximum absolute atomic E-state index is 5.82. The molecule has 2 rings (SSSR count). The molecule has 1 fully saturated rings. The monoisotopic (exact) mass is 390 g/mol. The van der Waals surface area contributed by atoms with Gasteiger partial charge in [-0.2, -0.15) is 0 Å². The number of rotatable bonds is 11. The van der Waals surface area contributed by atoms with Crippen molar-refractivity contribution in [2.75, 3.05) is 40.0 Å². The van der Waals surface area contributed by atoms with Crippen LogP contribution in [0, 0.1) is 0 Å². The third kappa shape index (κ3) is 8.17. The molecule has 1 aliphatic heterocycles. The molecule has 1 aliphatic rings. The Bertz CT molecular complexity index is 586. The lowest BCUT2D eigenvalue weighted by Gasteiger charge is -2.22. The Morgan fingerprint density at radius 3 is 2.75 bits per heavy atom. The van der Waals surface area contributed by atoms with Gasteiger partial charge in [0.25, 0.3) is 0 Å². The van der Waals surface area contributed by atoms with Gasteiger partial charge in [0.05, 0.1) is 19.3 Å². The Balaban J connectivity index is 1.82. The highest BCUT2D eigenvalue weighted by atomic mass is 16.5. The van der Waals surface area contributed by atoms with Crippen molar-refractivity contribution < 1.29 is 9.47 Å². The van der Waals surface area contributed by atoms with Gasteiger partial charge in [-0.3, -0.25) is 4.90 Å². The number of ether oxygens (including phenoxy) is 2. The molecule has 0 aromatic heterocycles. The zero-order valence-corrected chi connectivity index (χ0v) is 18.0. The fourth-order valence-corrected chi connectivity index (χ4v) is 3.00. The van der Waals surface area contributed by atoms with E-state index in [1.807, 2.05) is 0 Å². The molecule has 0 aliphatic carbocycles. The fraction of sp³-hybridized carbons (Fsp3) is 0.682. The third-order valence-electron chi connectivity index (χ3n) is 5.03. The SMILES string of the molecule is CCNC(=NCc1ccccc1CN(C)C(C)C)NCCCOC1CCOC1. The highest BCUT2D eigenvalue weighted by molar-refractivity contribution is 5.79. The Kier molecular flexibility index (Phi) is 10.3. The molecule has 6 nitrogen and oxygen atoms in total. The molecule has 0 radical (unpaired) electrons. The van der Waals surface area contributed by atoms with Crippen LogP contribution in [0.4, 0.5) is 0 Å². The van der Waals surface area contributed by atoms with E-state index in [1.165, 1.54) is 11.1 Å². The Morgan fingerprint density at radius 1 is 1.29 bits per heavy atom. The van der Waals surface area contributed by atoms with Crippen LogP contribution in [0.1, 0.15) is 44.7 Å². The summed E-state index contributed by atoms with van der Waals surface area (Å²) >= 11 is 0. The summed E-state index contributed by atoms with van der Waals surface area (Å²) in [5, 5.41) is 6.74. The third-order valence-corrected chi connectivity index (χ3v) is 5.03. The molecule has 1 unspecified atom stereocenters. The van der Waals surface area contributed by atoms with Crippen LogP contribution in [0.15, 0.2) is 29.3 Å². The summed E-state index contributed by atoms with van der Waals surface area (Å²) in [4.78, 5) is 7.14. The minimum atomic E-state index is 0.280. The minimum Gasteiger partial charge on any atom is -0.379 e. The first-order valence-corrected chi connectivity index (χ1v) is 10.6. The van der Waals surface area contributed by atoms with Crippen molar-refractivity contribution in [3.8, 4) is 0 Å². The number of nitrogens with one attached hydrogen (secondary N) is 2. The van der Waals surface area contributed by atoms with Crippen LogP contribution in [-0.2, 0) is 22.6 Å². The van der Waals surface area contributed by atoms with E-state index in [0.29, 0.717) is 12.6 Å². The lowest BCUT2D eigenvalue weighted by molar-refractivity contribution is 0.0420. The van der Waals surface area contributed by atoms with E-state index < -0.39 is 0 Å². The lowest BCUT2D eigenvalue weighted by Crippen LogP contribution is -2.38. The number of hydrogen-bond donors (Lipinski definition) is 2. The number of benzene rings is 1. The molecule has 6 heteroatoms. The van der Waals surface area contributed by atoms with E-state index in [1.54, 1.807) is 0 Å². The first-order chi connectivity index (χ1) is 13.6. The molecule has 0 bridgehead atoms. The lowest BCUT2D eigenvalue weighted by atomic mass is 10.1. The van der Waals surface area contributed by atoms with E-state index in [2.05, 4.69) is 67.6 Å². The number of aliphatic imine (C=N–C) groups is 1. The second kappa shape index (κ2) is 12.8. The zero-order valence-electron chi connectivity index (χ0n) is 18.0. The van der Waals surface area contributed by atoms with Crippen LogP contribution in [0.3, 0.4) is 0 Å². The van der Waals surface area contributed by atoms with E-state index in [0.717, 1.165) is 58.3 Å². The predicted molar refractivity (Wildman–Crippen MR) is 116 cm³/mol. The van der Waals surface area contributed by atoms with E-state index in [4.69, 9.17) is 14.5 Å². The number of nitrogens with zero attached hydrogens (tertiary/aromatic N) is 2. The van der Waals surface area contributed by atoms with Crippen molar-refractivity contribution in [1.82, 2.24) is 15.5 Å². The first kappa shape index (κ1) is 22.7. The Labute approximate surface area is 170 Å². The minimum absolute atomic E-state index is 0.280. The molecule has 1 atom stereocenters. The average Bonchev–Trinajstić information content (AvgIpc) is 3.20. The molecular weight excluding hydrogens is 352 g/mol. The standard InChI is InChI=1S/C22H38N4O2/c1-5-23-22(24-12-8-13-28-21-11-14-27-17-21)25-15-19-9-6-7-10-20(19)16-26(4)18(2)3/h6-7,9-10,18,21H,5,8,11-17H2,1-4H3,(H2,23,24,25). The van der Waals surface area contributed by atoms with E-state index in [9.17, 15) is 0 Å². The predicted octanol–water partition coefficient (Wildman–Crippen LogP) is 2.78. The summed E-state index contributed by atoms with van der Waals surface area (Å²) in [5.41, 5.74) is 2.61. The van der Waals surface area contributed by atoms with Crippen LogP contribution < -0.4 is 10.6 Å². The number of guanidine groups is 1. The van der Waals surface area contributed by atoms with E-state index in [-0.39, 0.29) is 6.10 Å². The summed E-state index contributed by atoms with van der Waals surface area (Å²) in [6, 6.07) is 9.10. The highest BCUT2D eigenvalue weighted by Crippen LogP contribution is 2.13. The fourth-order valence-electron chi connectivity index (χ4n) is 3.00. The normalized spacial score (nSPS) is 17.5. The molecule has 1 heterocycles. The van der Waals surface area contributed by atoms with Gasteiger partial charge < -0.3 is 20.1 Å². The Morgan fingerprint density at radius 2 is 2.07 bits per heavy atom. The maximum atomic E-state index is 5.82. The second-order valence-corrected chi connectivity index (χ2v) is 7.61. The molecule has 0 saturated carbocycles.